The smallest absolute Gasteiger partial charge is 0.337 e. The molecule has 0 aromatic heterocycles. The van der Waals surface area contributed by atoms with Crippen LogP contribution in [0.2, 0.25) is 0 Å². The standard InChI is InChI=1S/C34H42FNO2/c1-34(2)16-14-26(15-17-34)30-7-4-6-28-21-29(33(37)38-3)12-13-31(28)32(30)27-10-8-24(9-11-27)20-25-22-36(23-25)19-5-18-35/h8-13,20-21,26H,4-7,14-19,22-23H2,1-3H3. The van der Waals surface area contributed by atoms with Crippen molar-refractivity contribution < 1.29 is 13.9 Å². The van der Waals surface area contributed by atoms with Crippen LogP contribution in [0, 0.1) is 11.3 Å². The number of alkyl halides is 1. The Morgan fingerprint density at radius 2 is 1.82 bits per heavy atom. The summed E-state index contributed by atoms with van der Waals surface area (Å²) in [5, 5.41) is 0. The number of allylic oxidation sites excluding steroid dienone is 1. The van der Waals surface area contributed by atoms with Crippen molar-refractivity contribution in [1.29, 1.82) is 0 Å². The lowest BCUT2D eigenvalue weighted by atomic mass is 9.69. The predicted molar refractivity (Wildman–Crippen MR) is 154 cm³/mol. The third-order valence-corrected chi connectivity index (χ3v) is 8.87. The van der Waals surface area contributed by atoms with Crippen molar-refractivity contribution in [2.45, 2.75) is 65.2 Å². The first-order chi connectivity index (χ1) is 18.4. The number of methoxy groups -OCH3 is 1. The van der Waals surface area contributed by atoms with E-state index in [-0.39, 0.29) is 12.6 Å². The second-order valence-electron chi connectivity index (χ2n) is 12.2. The minimum atomic E-state index is -0.269. The molecule has 0 spiro atoms. The van der Waals surface area contributed by atoms with Crippen molar-refractivity contribution in [1.82, 2.24) is 4.90 Å². The number of likely N-dealkylation sites (tertiary alicyclic amines) is 1. The monoisotopic (exact) mass is 515 g/mol. The van der Waals surface area contributed by atoms with Crippen LogP contribution in [0.25, 0.3) is 11.6 Å². The molecular formula is C34H42FNO2. The fourth-order valence-corrected chi connectivity index (χ4v) is 6.60. The van der Waals surface area contributed by atoms with Gasteiger partial charge in [-0.1, -0.05) is 55.8 Å². The molecule has 5 rings (SSSR count). The number of hydrogen-bond donors (Lipinski definition) is 0. The third kappa shape index (κ3) is 5.96. The Kier molecular flexibility index (Phi) is 8.18. The first-order valence-corrected chi connectivity index (χ1v) is 14.4. The molecule has 0 atom stereocenters. The van der Waals surface area contributed by atoms with Gasteiger partial charge in [-0.15, -0.1) is 0 Å². The lowest BCUT2D eigenvalue weighted by molar-refractivity contribution is 0.0600. The Morgan fingerprint density at radius 1 is 1.08 bits per heavy atom. The van der Waals surface area contributed by atoms with E-state index in [2.05, 4.69) is 61.2 Å². The van der Waals surface area contributed by atoms with E-state index < -0.39 is 0 Å². The Morgan fingerprint density at radius 3 is 2.50 bits per heavy atom. The van der Waals surface area contributed by atoms with Crippen molar-refractivity contribution in [3.05, 3.63) is 81.4 Å². The highest BCUT2D eigenvalue weighted by Gasteiger charge is 2.31. The summed E-state index contributed by atoms with van der Waals surface area (Å²) in [6.45, 7) is 7.32. The van der Waals surface area contributed by atoms with Crippen LogP contribution in [0.15, 0.2) is 53.6 Å². The maximum atomic E-state index is 12.5. The molecule has 1 saturated carbocycles. The molecule has 2 fully saturated rings. The highest BCUT2D eigenvalue weighted by Crippen LogP contribution is 2.46. The van der Waals surface area contributed by atoms with Crippen molar-refractivity contribution in [2.75, 3.05) is 33.4 Å². The lowest BCUT2D eigenvalue weighted by Crippen LogP contribution is -2.40. The number of rotatable bonds is 7. The van der Waals surface area contributed by atoms with Crippen LogP contribution in [0.4, 0.5) is 4.39 Å². The molecule has 1 heterocycles. The molecule has 202 valence electrons. The maximum absolute atomic E-state index is 12.5. The molecule has 2 aromatic carbocycles. The molecule has 0 amide bonds. The average Bonchev–Trinajstić information content (AvgIpc) is 3.09. The summed E-state index contributed by atoms with van der Waals surface area (Å²) in [6.07, 6.45) is 11.2. The maximum Gasteiger partial charge on any atom is 0.337 e. The summed E-state index contributed by atoms with van der Waals surface area (Å²) in [7, 11) is 1.45. The van der Waals surface area contributed by atoms with E-state index in [1.807, 2.05) is 6.07 Å². The van der Waals surface area contributed by atoms with Crippen molar-refractivity contribution in [2.24, 2.45) is 11.3 Å². The predicted octanol–water partition coefficient (Wildman–Crippen LogP) is 7.89. The zero-order chi connectivity index (χ0) is 26.7. The largest absolute Gasteiger partial charge is 0.465 e. The number of aryl methyl sites for hydroxylation is 1. The molecule has 0 unspecified atom stereocenters. The molecule has 1 saturated heterocycles. The quantitative estimate of drug-likeness (QED) is 0.351. The number of fused-ring (bicyclic) bond motifs is 1. The van der Waals surface area contributed by atoms with Crippen LogP contribution in [0.3, 0.4) is 0 Å². The Hall–Kier alpha value is -2.72. The topological polar surface area (TPSA) is 29.5 Å². The Balaban J connectivity index is 1.48. The second-order valence-corrected chi connectivity index (χ2v) is 12.2. The molecule has 3 aliphatic rings. The third-order valence-electron chi connectivity index (χ3n) is 8.87. The summed E-state index contributed by atoms with van der Waals surface area (Å²) in [5.41, 5.74) is 10.5. The summed E-state index contributed by atoms with van der Waals surface area (Å²) >= 11 is 0. The number of esters is 1. The fraction of sp³-hybridized carbons (Fsp3) is 0.500. The summed E-state index contributed by atoms with van der Waals surface area (Å²) in [5.74, 6) is 0.352. The zero-order valence-electron chi connectivity index (χ0n) is 23.3. The molecule has 0 N–H and O–H groups in total. The normalized spacial score (nSPS) is 19.9. The van der Waals surface area contributed by atoms with E-state index in [9.17, 15) is 9.18 Å². The van der Waals surface area contributed by atoms with Crippen molar-refractivity contribution in [3.63, 3.8) is 0 Å². The second kappa shape index (κ2) is 11.6. The minimum Gasteiger partial charge on any atom is -0.465 e. The van der Waals surface area contributed by atoms with Gasteiger partial charge in [0.25, 0.3) is 0 Å². The van der Waals surface area contributed by atoms with Crippen LogP contribution in [0.1, 0.15) is 91.4 Å². The minimum absolute atomic E-state index is 0.236. The first-order valence-electron chi connectivity index (χ1n) is 14.4. The Bertz CT molecular complexity index is 1210. The van der Waals surface area contributed by atoms with Gasteiger partial charge in [0.1, 0.15) is 0 Å². The molecule has 38 heavy (non-hydrogen) atoms. The molecule has 2 aromatic rings. The van der Waals surface area contributed by atoms with E-state index in [0.717, 1.165) is 38.9 Å². The SMILES string of the molecule is COC(=O)c1ccc2c(c1)CCCC(C1CCC(C)(C)CC1)=C2c1ccc(C=C2CN(CCCF)C2)cc1. The van der Waals surface area contributed by atoms with Crippen LogP contribution in [0.5, 0.6) is 0 Å². The average molecular weight is 516 g/mol. The van der Waals surface area contributed by atoms with Gasteiger partial charge in [-0.05, 0) is 108 Å². The van der Waals surface area contributed by atoms with Gasteiger partial charge in [-0.25, -0.2) is 4.79 Å². The molecule has 0 radical (unpaired) electrons. The van der Waals surface area contributed by atoms with E-state index in [0.29, 0.717) is 23.3 Å². The van der Waals surface area contributed by atoms with Crippen molar-refractivity contribution in [3.8, 4) is 0 Å². The van der Waals surface area contributed by atoms with E-state index in [1.165, 1.54) is 66.2 Å². The number of carbonyl (C=O) groups is 1. The molecule has 2 aliphatic carbocycles. The van der Waals surface area contributed by atoms with E-state index >= 15 is 0 Å². The lowest BCUT2D eigenvalue weighted by Gasteiger charge is -2.36. The van der Waals surface area contributed by atoms with Crippen molar-refractivity contribution >= 4 is 17.6 Å². The molecule has 0 bridgehead atoms. The van der Waals surface area contributed by atoms with Gasteiger partial charge in [-0.3, -0.25) is 9.29 Å². The number of nitrogens with zero attached hydrogens (tertiary/aromatic N) is 1. The highest BCUT2D eigenvalue weighted by molar-refractivity contribution is 5.92. The number of benzene rings is 2. The zero-order valence-corrected chi connectivity index (χ0v) is 23.3. The van der Waals surface area contributed by atoms with Gasteiger partial charge in [0, 0.05) is 19.6 Å². The summed E-state index contributed by atoms with van der Waals surface area (Å²) < 4.78 is 17.5. The molecule has 1 aliphatic heterocycles. The fourth-order valence-electron chi connectivity index (χ4n) is 6.60. The molecular weight excluding hydrogens is 473 g/mol. The van der Waals surface area contributed by atoms with E-state index in [4.69, 9.17) is 4.74 Å². The number of ether oxygens (including phenoxy) is 1. The van der Waals surface area contributed by atoms with Crippen LogP contribution in [-0.4, -0.2) is 44.3 Å². The Labute approximate surface area is 227 Å². The molecule has 4 heteroatoms. The van der Waals surface area contributed by atoms with Gasteiger partial charge >= 0.3 is 5.97 Å². The number of halogens is 1. The summed E-state index contributed by atoms with van der Waals surface area (Å²) in [4.78, 5) is 14.6. The molecule has 3 nitrogen and oxygen atoms in total. The van der Waals surface area contributed by atoms with Gasteiger partial charge in [0.15, 0.2) is 0 Å². The van der Waals surface area contributed by atoms with E-state index in [1.54, 1.807) is 5.57 Å². The van der Waals surface area contributed by atoms with Gasteiger partial charge in [0.2, 0.25) is 0 Å². The van der Waals surface area contributed by atoms with Gasteiger partial charge in [-0.2, -0.15) is 0 Å². The van der Waals surface area contributed by atoms with Gasteiger partial charge in [0.05, 0.1) is 19.3 Å². The summed E-state index contributed by atoms with van der Waals surface area (Å²) in [6, 6.07) is 15.2. The van der Waals surface area contributed by atoms with Crippen LogP contribution >= 0.6 is 0 Å². The number of hydrogen-bond acceptors (Lipinski definition) is 3. The highest BCUT2D eigenvalue weighted by atomic mass is 19.1. The van der Waals surface area contributed by atoms with Crippen LogP contribution < -0.4 is 0 Å². The van der Waals surface area contributed by atoms with Gasteiger partial charge < -0.3 is 4.74 Å². The number of carbonyl (C=O) groups excluding carboxylic acids is 1. The first kappa shape index (κ1) is 26.9. The van der Waals surface area contributed by atoms with Crippen LogP contribution in [-0.2, 0) is 11.2 Å².